The van der Waals surface area contributed by atoms with E-state index >= 15 is 0 Å². The van der Waals surface area contributed by atoms with Gasteiger partial charge in [-0.3, -0.25) is 19.6 Å². The number of aromatic nitrogens is 2. The van der Waals surface area contributed by atoms with Crippen LogP contribution in [0.25, 0.3) is 23.1 Å². The fourth-order valence-electron chi connectivity index (χ4n) is 3.77. The Bertz CT molecular complexity index is 1320. The normalized spacial score (nSPS) is 17.1. The standard InChI is InChI=1S/C25H21F2N5O2/c1-16-2-5-18(30-13-16)6-3-17-4-7-22-21(10-17)20(8-9-29-22)24(34)31-14-23(33)32-15-25(26,27)11-19(32)12-28/h2-10,13,19H,11,14-15H2,1H3,(H,31,34)/b6-3+/t19-/m0/s1. The summed E-state index contributed by atoms with van der Waals surface area (Å²) in [6.07, 6.45) is 6.28. The quantitative estimate of drug-likeness (QED) is 0.626. The second-order valence-corrected chi connectivity index (χ2v) is 8.14. The minimum atomic E-state index is -3.11. The van der Waals surface area contributed by atoms with Crippen LogP contribution in [-0.4, -0.2) is 51.7 Å². The van der Waals surface area contributed by atoms with Gasteiger partial charge in [-0.15, -0.1) is 0 Å². The van der Waals surface area contributed by atoms with Crippen molar-refractivity contribution in [2.24, 2.45) is 0 Å². The van der Waals surface area contributed by atoms with Gasteiger partial charge in [-0.05, 0) is 48.4 Å². The smallest absolute Gasteiger partial charge is 0.268 e. The van der Waals surface area contributed by atoms with Crippen LogP contribution in [0.2, 0.25) is 0 Å². The van der Waals surface area contributed by atoms with Crippen molar-refractivity contribution >= 4 is 34.9 Å². The molecule has 1 saturated heterocycles. The van der Waals surface area contributed by atoms with E-state index < -0.39 is 43.3 Å². The molecule has 0 spiro atoms. The monoisotopic (exact) mass is 461 g/mol. The maximum absolute atomic E-state index is 13.6. The van der Waals surface area contributed by atoms with E-state index in [1.807, 2.05) is 37.3 Å². The fraction of sp³-hybridized carbons (Fsp3) is 0.240. The highest BCUT2D eigenvalue weighted by Gasteiger charge is 2.47. The number of fused-ring (bicyclic) bond motifs is 1. The first kappa shape index (κ1) is 23.0. The number of likely N-dealkylation sites (tertiary alicyclic amines) is 1. The van der Waals surface area contributed by atoms with E-state index in [1.54, 1.807) is 24.4 Å². The molecule has 0 unspecified atom stereocenters. The van der Waals surface area contributed by atoms with Crippen LogP contribution in [0.5, 0.6) is 0 Å². The van der Waals surface area contributed by atoms with Crippen LogP contribution in [0, 0.1) is 18.3 Å². The number of alkyl halides is 2. The molecule has 1 aliphatic heterocycles. The number of pyridine rings is 2. The van der Waals surface area contributed by atoms with Gasteiger partial charge in [-0.2, -0.15) is 5.26 Å². The van der Waals surface area contributed by atoms with Gasteiger partial charge in [-0.25, -0.2) is 8.78 Å². The highest BCUT2D eigenvalue weighted by atomic mass is 19.3. The predicted octanol–water partition coefficient (Wildman–Crippen LogP) is 3.60. The van der Waals surface area contributed by atoms with Crippen LogP contribution in [-0.2, 0) is 4.79 Å². The number of aryl methyl sites for hydroxylation is 1. The van der Waals surface area contributed by atoms with Gasteiger partial charge in [0, 0.05) is 24.2 Å². The van der Waals surface area contributed by atoms with E-state index in [4.69, 9.17) is 5.26 Å². The number of nitrogens with zero attached hydrogens (tertiary/aromatic N) is 4. The van der Waals surface area contributed by atoms with Crippen molar-refractivity contribution in [1.29, 1.82) is 5.26 Å². The predicted molar refractivity (Wildman–Crippen MR) is 123 cm³/mol. The fourth-order valence-corrected chi connectivity index (χ4v) is 3.77. The molecule has 1 aromatic carbocycles. The molecule has 172 valence electrons. The molecule has 3 heterocycles. The van der Waals surface area contributed by atoms with Crippen LogP contribution in [0.3, 0.4) is 0 Å². The van der Waals surface area contributed by atoms with Crippen molar-refractivity contribution in [3.63, 3.8) is 0 Å². The number of benzene rings is 1. The van der Waals surface area contributed by atoms with Crippen molar-refractivity contribution in [2.45, 2.75) is 25.3 Å². The van der Waals surface area contributed by atoms with Gasteiger partial charge >= 0.3 is 0 Å². The average Bonchev–Trinajstić information content (AvgIpc) is 3.16. The van der Waals surface area contributed by atoms with E-state index in [-0.39, 0.29) is 0 Å². The first-order chi connectivity index (χ1) is 16.3. The van der Waals surface area contributed by atoms with Gasteiger partial charge in [0.2, 0.25) is 5.91 Å². The molecule has 0 aliphatic carbocycles. The van der Waals surface area contributed by atoms with Crippen molar-refractivity contribution in [1.82, 2.24) is 20.2 Å². The summed E-state index contributed by atoms with van der Waals surface area (Å²) in [5, 5.41) is 12.1. The first-order valence-electron chi connectivity index (χ1n) is 10.6. The Morgan fingerprint density at radius 2 is 2.06 bits per heavy atom. The Labute approximate surface area is 194 Å². The van der Waals surface area contributed by atoms with Crippen LogP contribution >= 0.6 is 0 Å². The molecule has 4 rings (SSSR count). The Morgan fingerprint density at radius 3 is 2.79 bits per heavy atom. The van der Waals surface area contributed by atoms with E-state index in [0.29, 0.717) is 16.5 Å². The molecule has 1 aliphatic rings. The van der Waals surface area contributed by atoms with E-state index in [0.717, 1.165) is 21.7 Å². The van der Waals surface area contributed by atoms with E-state index in [1.165, 1.54) is 12.3 Å². The van der Waals surface area contributed by atoms with Gasteiger partial charge in [-0.1, -0.05) is 18.2 Å². The molecule has 1 N–H and O–H groups in total. The number of hydrogen-bond acceptors (Lipinski definition) is 5. The van der Waals surface area contributed by atoms with E-state index in [2.05, 4.69) is 15.3 Å². The van der Waals surface area contributed by atoms with Gasteiger partial charge in [0.05, 0.1) is 35.9 Å². The number of carbonyl (C=O) groups excluding carboxylic acids is 2. The lowest BCUT2D eigenvalue weighted by molar-refractivity contribution is -0.131. The third-order valence-electron chi connectivity index (χ3n) is 5.53. The molecule has 34 heavy (non-hydrogen) atoms. The highest BCUT2D eigenvalue weighted by molar-refractivity contribution is 6.07. The molecular weight excluding hydrogens is 440 g/mol. The Kier molecular flexibility index (Phi) is 6.32. The summed E-state index contributed by atoms with van der Waals surface area (Å²) in [4.78, 5) is 34.6. The summed E-state index contributed by atoms with van der Waals surface area (Å²) in [6, 6.07) is 11.3. The van der Waals surface area contributed by atoms with Crippen LogP contribution in [0.4, 0.5) is 8.78 Å². The summed E-state index contributed by atoms with van der Waals surface area (Å²) >= 11 is 0. The number of rotatable bonds is 5. The highest BCUT2D eigenvalue weighted by Crippen LogP contribution is 2.31. The summed E-state index contributed by atoms with van der Waals surface area (Å²) in [6.45, 7) is 0.637. The second-order valence-electron chi connectivity index (χ2n) is 8.14. The molecular formula is C25H21F2N5O2. The van der Waals surface area contributed by atoms with Crippen molar-refractivity contribution in [2.75, 3.05) is 13.1 Å². The number of amides is 2. The molecule has 2 amide bonds. The molecule has 1 atom stereocenters. The molecule has 9 heteroatoms. The van der Waals surface area contributed by atoms with Crippen molar-refractivity contribution in [3.8, 4) is 6.07 Å². The van der Waals surface area contributed by atoms with Crippen LogP contribution in [0.1, 0.15) is 33.6 Å². The minimum absolute atomic E-state index is 0.296. The number of nitrogens with one attached hydrogen (secondary N) is 1. The van der Waals surface area contributed by atoms with Crippen LogP contribution < -0.4 is 5.32 Å². The lowest BCUT2D eigenvalue weighted by Crippen LogP contribution is -2.43. The van der Waals surface area contributed by atoms with Gasteiger partial charge in [0.15, 0.2) is 0 Å². The zero-order valence-electron chi connectivity index (χ0n) is 18.3. The molecule has 1 fully saturated rings. The SMILES string of the molecule is Cc1ccc(/C=C/c2ccc3nccc(C(=O)NCC(=O)N4CC(F)(F)C[C@H]4C#N)c3c2)nc1. The third-order valence-corrected chi connectivity index (χ3v) is 5.53. The minimum Gasteiger partial charge on any atom is -0.343 e. The topological polar surface area (TPSA) is 99.0 Å². The Balaban J connectivity index is 1.50. The average molecular weight is 461 g/mol. The van der Waals surface area contributed by atoms with Gasteiger partial charge in [0.1, 0.15) is 6.04 Å². The molecule has 0 bridgehead atoms. The zero-order valence-corrected chi connectivity index (χ0v) is 18.3. The summed E-state index contributed by atoms with van der Waals surface area (Å²) in [7, 11) is 0. The van der Waals surface area contributed by atoms with Crippen molar-refractivity contribution < 1.29 is 18.4 Å². The number of nitriles is 1. The number of carbonyl (C=O) groups is 2. The maximum Gasteiger partial charge on any atom is 0.268 e. The molecule has 0 radical (unpaired) electrons. The molecule has 0 saturated carbocycles. The van der Waals surface area contributed by atoms with Gasteiger partial charge in [0.25, 0.3) is 11.8 Å². The first-order valence-corrected chi connectivity index (χ1v) is 10.6. The summed E-state index contributed by atoms with van der Waals surface area (Å²) in [5.74, 6) is -4.38. The van der Waals surface area contributed by atoms with Crippen molar-refractivity contribution in [3.05, 3.63) is 71.2 Å². The Morgan fingerprint density at radius 1 is 1.24 bits per heavy atom. The van der Waals surface area contributed by atoms with E-state index in [9.17, 15) is 18.4 Å². The molecule has 7 nitrogen and oxygen atoms in total. The lowest BCUT2D eigenvalue weighted by Gasteiger charge is -2.19. The molecule has 3 aromatic rings. The van der Waals surface area contributed by atoms with Gasteiger partial charge < -0.3 is 10.2 Å². The number of halogens is 2. The maximum atomic E-state index is 13.6. The summed E-state index contributed by atoms with van der Waals surface area (Å²) < 4.78 is 27.2. The third kappa shape index (κ3) is 5.07. The zero-order chi connectivity index (χ0) is 24.3. The largest absolute Gasteiger partial charge is 0.343 e. The second kappa shape index (κ2) is 9.35. The molecule has 2 aromatic heterocycles. The lowest BCUT2D eigenvalue weighted by atomic mass is 10.0. The number of hydrogen-bond donors (Lipinski definition) is 1. The van der Waals surface area contributed by atoms with Crippen LogP contribution in [0.15, 0.2) is 48.8 Å². The summed E-state index contributed by atoms with van der Waals surface area (Å²) in [5.41, 5.74) is 3.56. The Hall–Kier alpha value is -4.19.